The molecule has 10 nitrogen and oxygen atoms in total. The molecule has 10 heteroatoms. The van der Waals surface area contributed by atoms with E-state index in [1.807, 2.05) is 32.9 Å². The first kappa shape index (κ1) is 26.2. The lowest BCUT2D eigenvalue weighted by Gasteiger charge is -2.29. The normalized spacial score (nSPS) is 11.1. The second kappa shape index (κ2) is 10.9. The van der Waals surface area contributed by atoms with Gasteiger partial charge in [0.05, 0.1) is 22.7 Å². The number of primary amides is 1. The zero-order valence-corrected chi connectivity index (χ0v) is 21.0. The summed E-state index contributed by atoms with van der Waals surface area (Å²) in [4.78, 5) is 43.4. The number of urea groups is 1. The van der Waals surface area contributed by atoms with Crippen LogP contribution >= 0.6 is 0 Å². The molecule has 0 aliphatic rings. The van der Waals surface area contributed by atoms with Gasteiger partial charge in [0.15, 0.2) is 0 Å². The number of imidazole rings is 1. The van der Waals surface area contributed by atoms with Crippen molar-refractivity contribution in [2.24, 2.45) is 11.1 Å². The second-order valence-corrected chi connectivity index (χ2v) is 9.25. The standard InChI is InChI=1S/C26H31N7O3/c1-5-12-26(2,3)23(35)32(4)19-9-10-21-20(15-19)30-24(33(21)13-11-22(28)34)31-25(36)29-18-8-6-7-17(14-18)16-27/h6-10,14-15H,5,11-13H2,1-4H3,(H2,28,34)(H2,29,30,31,36). The first-order valence-corrected chi connectivity index (χ1v) is 11.7. The van der Waals surface area contributed by atoms with Crippen molar-refractivity contribution in [3.05, 3.63) is 48.0 Å². The van der Waals surface area contributed by atoms with Crippen LogP contribution in [0.3, 0.4) is 0 Å². The largest absolute Gasteiger partial charge is 0.370 e. The summed E-state index contributed by atoms with van der Waals surface area (Å²) in [7, 11) is 1.73. The molecule has 1 aromatic heterocycles. The van der Waals surface area contributed by atoms with Gasteiger partial charge in [-0.25, -0.2) is 9.78 Å². The molecule has 0 unspecified atom stereocenters. The minimum Gasteiger partial charge on any atom is -0.370 e. The molecule has 36 heavy (non-hydrogen) atoms. The van der Waals surface area contributed by atoms with E-state index in [0.717, 1.165) is 12.8 Å². The number of rotatable bonds is 9. The van der Waals surface area contributed by atoms with Gasteiger partial charge in [0.1, 0.15) is 0 Å². The van der Waals surface area contributed by atoms with E-state index in [4.69, 9.17) is 11.0 Å². The lowest BCUT2D eigenvalue weighted by molar-refractivity contribution is -0.126. The van der Waals surface area contributed by atoms with Gasteiger partial charge in [0.25, 0.3) is 0 Å². The molecular formula is C26H31N7O3. The van der Waals surface area contributed by atoms with Crippen molar-refractivity contribution >= 4 is 46.2 Å². The van der Waals surface area contributed by atoms with E-state index in [0.29, 0.717) is 28.0 Å². The Morgan fingerprint density at radius 2 is 1.92 bits per heavy atom. The van der Waals surface area contributed by atoms with E-state index in [1.54, 1.807) is 52.9 Å². The Hall–Kier alpha value is -4.39. The van der Waals surface area contributed by atoms with Crippen molar-refractivity contribution in [3.63, 3.8) is 0 Å². The van der Waals surface area contributed by atoms with E-state index in [9.17, 15) is 14.4 Å². The fourth-order valence-corrected chi connectivity index (χ4v) is 4.10. The average Bonchev–Trinajstić information content (AvgIpc) is 3.17. The molecule has 0 aliphatic carbocycles. The summed E-state index contributed by atoms with van der Waals surface area (Å²) in [5.41, 5.74) is 7.60. The number of aromatic nitrogens is 2. The highest BCUT2D eigenvalue weighted by molar-refractivity contribution is 6.01. The molecule has 3 aromatic rings. The van der Waals surface area contributed by atoms with Crippen molar-refractivity contribution < 1.29 is 14.4 Å². The van der Waals surface area contributed by atoms with Gasteiger partial charge in [-0.2, -0.15) is 5.26 Å². The Morgan fingerprint density at radius 1 is 1.17 bits per heavy atom. The number of hydrogen-bond acceptors (Lipinski definition) is 5. The van der Waals surface area contributed by atoms with Gasteiger partial charge >= 0.3 is 6.03 Å². The van der Waals surface area contributed by atoms with E-state index in [-0.39, 0.29) is 24.8 Å². The summed E-state index contributed by atoms with van der Waals surface area (Å²) >= 11 is 0. The number of nitrogens with one attached hydrogen (secondary N) is 2. The van der Waals surface area contributed by atoms with Gasteiger partial charge < -0.3 is 20.5 Å². The monoisotopic (exact) mass is 489 g/mol. The molecule has 1 heterocycles. The first-order valence-electron chi connectivity index (χ1n) is 11.7. The van der Waals surface area contributed by atoms with Crippen LogP contribution in [-0.2, 0) is 16.1 Å². The Labute approximate surface area is 210 Å². The molecule has 0 spiro atoms. The minimum absolute atomic E-state index is 0.00538. The Kier molecular flexibility index (Phi) is 7.94. The molecule has 0 saturated carbocycles. The quantitative estimate of drug-likeness (QED) is 0.412. The highest BCUT2D eigenvalue weighted by Crippen LogP contribution is 2.30. The van der Waals surface area contributed by atoms with E-state index in [1.165, 1.54) is 0 Å². The van der Waals surface area contributed by atoms with Gasteiger partial charge in [0, 0.05) is 36.8 Å². The van der Waals surface area contributed by atoms with Crippen molar-refractivity contribution in [2.75, 3.05) is 22.6 Å². The number of amides is 4. The number of fused-ring (bicyclic) bond motifs is 1. The molecule has 0 radical (unpaired) electrons. The van der Waals surface area contributed by atoms with Crippen LogP contribution in [0.25, 0.3) is 11.0 Å². The van der Waals surface area contributed by atoms with Gasteiger partial charge in [-0.15, -0.1) is 0 Å². The number of aryl methyl sites for hydroxylation is 1. The van der Waals surface area contributed by atoms with Gasteiger partial charge in [-0.05, 0) is 42.8 Å². The highest BCUT2D eigenvalue weighted by atomic mass is 16.2. The van der Waals surface area contributed by atoms with Gasteiger partial charge in [-0.1, -0.05) is 33.3 Å². The average molecular weight is 490 g/mol. The SMILES string of the molecule is CCCC(C)(C)C(=O)N(C)c1ccc2c(c1)nc(NC(=O)Nc1cccc(C#N)c1)n2CCC(N)=O. The Bertz CT molecular complexity index is 1340. The molecule has 0 saturated heterocycles. The van der Waals surface area contributed by atoms with E-state index in [2.05, 4.69) is 15.6 Å². The third kappa shape index (κ3) is 5.99. The maximum atomic E-state index is 13.1. The number of hydrogen-bond donors (Lipinski definition) is 3. The van der Waals surface area contributed by atoms with E-state index < -0.39 is 17.4 Å². The third-order valence-corrected chi connectivity index (χ3v) is 5.93. The van der Waals surface area contributed by atoms with Crippen molar-refractivity contribution in [2.45, 2.75) is 46.6 Å². The second-order valence-electron chi connectivity index (χ2n) is 9.25. The smallest absolute Gasteiger partial charge is 0.326 e. The summed E-state index contributed by atoms with van der Waals surface area (Å²) < 4.78 is 1.69. The van der Waals surface area contributed by atoms with E-state index >= 15 is 0 Å². The first-order chi connectivity index (χ1) is 17.1. The Morgan fingerprint density at radius 3 is 2.58 bits per heavy atom. The minimum atomic E-state index is -0.561. The van der Waals surface area contributed by atoms with Crippen LogP contribution in [0.2, 0.25) is 0 Å². The number of nitrogens with two attached hydrogens (primary N) is 1. The zero-order chi connectivity index (χ0) is 26.5. The number of anilines is 3. The lowest BCUT2D eigenvalue weighted by atomic mass is 9.86. The number of nitrogens with zero attached hydrogens (tertiary/aromatic N) is 4. The van der Waals surface area contributed by atoms with Crippen LogP contribution in [0.15, 0.2) is 42.5 Å². The molecule has 0 aliphatic heterocycles. The number of benzene rings is 2. The third-order valence-electron chi connectivity index (χ3n) is 5.93. The topological polar surface area (TPSA) is 146 Å². The Balaban J connectivity index is 1.91. The fraction of sp³-hybridized carbons (Fsp3) is 0.346. The number of carbonyl (C=O) groups excluding carboxylic acids is 3. The molecular weight excluding hydrogens is 458 g/mol. The number of carbonyl (C=O) groups is 3. The molecule has 0 atom stereocenters. The summed E-state index contributed by atoms with van der Waals surface area (Å²) in [6.45, 7) is 6.12. The predicted molar refractivity (Wildman–Crippen MR) is 139 cm³/mol. The summed E-state index contributed by atoms with van der Waals surface area (Å²) in [6.07, 6.45) is 1.71. The fourth-order valence-electron chi connectivity index (χ4n) is 4.10. The van der Waals surface area contributed by atoms with Crippen LogP contribution in [0.5, 0.6) is 0 Å². The number of nitriles is 1. The maximum Gasteiger partial charge on any atom is 0.326 e. The van der Waals surface area contributed by atoms with Crippen LogP contribution in [0.1, 0.15) is 45.6 Å². The van der Waals surface area contributed by atoms with Crippen molar-refractivity contribution in [1.82, 2.24) is 9.55 Å². The van der Waals surface area contributed by atoms with Crippen molar-refractivity contribution in [3.8, 4) is 6.07 Å². The van der Waals surface area contributed by atoms with Crippen LogP contribution in [0, 0.1) is 16.7 Å². The summed E-state index contributed by atoms with van der Waals surface area (Å²) in [5, 5.41) is 14.4. The predicted octanol–water partition coefficient (Wildman–Crippen LogP) is 4.22. The summed E-state index contributed by atoms with van der Waals surface area (Å²) in [5.74, 6) is -0.271. The molecule has 0 fully saturated rings. The molecule has 4 N–H and O–H groups in total. The van der Waals surface area contributed by atoms with Gasteiger partial charge in [0.2, 0.25) is 17.8 Å². The zero-order valence-electron chi connectivity index (χ0n) is 21.0. The lowest BCUT2D eigenvalue weighted by Crippen LogP contribution is -2.38. The van der Waals surface area contributed by atoms with Crippen LogP contribution in [0.4, 0.5) is 22.1 Å². The molecule has 2 aromatic carbocycles. The molecule has 4 amide bonds. The molecule has 188 valence electrons. The summed E-state index contributed by atoms with van der Waals surface area (Å²) in [6, 6.07) is 13.4. The van der Waals surface area contributed by atoms with Crippen LogP contribution < -0.4 is 21.3 Å². The molecule has 3 rings (SSSR count). The maximum absolute atomic E-state index is 13.1. The van der Waals surface area contributed by atoms with Gasteiger partial charge in [-0.3, -0.25) is 14.9 Å². The van der Waals surface area contributed by atoms with Crippen LogP contribution in [-0.4, -0.2) is 34.4 Å². The highest BCUT2D eigenvalue weighted by Gasteiger charge is 2.30. The van der Waals surface area contributed by atoms with Crippen molar-refractivity contribution in [1.29, 1.82) is 5.26 Å². The molecule has 0 bridgehead atoms.